The maximum absolute atomic E-state index is 12.6. The van der Waals surface area contributed by atoms with Gasteiger partial charge in [-0.05, 0) is 43.4 Å². The Bertz CT molecular complexity index is 1320. The minimum Gasteiger partial charge on any atom is -0.353 e. The molecule has 0 bridgehead atoms. The van der Waals surface area contributed by atoms with E-state index in [1.807, 2.05) is 19.1 Å². The number of hydrogen-bond donors (Lipinski definition) is 2. The molecule has 5 rings (SSSR count). The number of benzene rings is 1. The van der Waals surface area contributed by atoms with Crippen molar-refractivity contribution in [1.82, 2.24) is 20.4 Å². The first-order valence-electron chi connectivity index (χ1n) is 10.1. The number of H-pyrrole nitrogens is 1. The number of nitrogens with zero attached hydrogens (tertiary/aromatic N) is 3. The van der Waals surface area contributed by atoms with Gasteiger partial charge in [0.15, 0.2) is 0 Å². The molecule has 4 aromatic rings. The van der Waals surface area contributed by atoms with E-state index in [0.717, 1.165) is 57.3 Å². The van der Waals surface area contributed by atoms with Gasteiger partial charge in [-0.3, -0.25) is 14.8 Å². The van der Waals surface area contributed by atoms with E-state index in [1.165, 1.54) is 0 Å². The second-order valence-corrected chi connectivity index (χ2v) is 8.69. The van der Waals surface area contributed by atoms with Crippen molar-refractivity contribution in [2.75, 3.05) is 0 Å². The third-order valence-corrected chi connectivity index (χ3v) is 5.72. The molecule has 1 amide bonds. The van der Waals surface area contributed by atoms with Gasteiger partial charge in [-0.1, -0.05) is 32.0 Å². The standard InChI is InChI=1S/C24H23N5O/c1-14-22-20(16-6-4-5-7-17(16)27-22)21-18(26-14)12-24(2,3)13-19(21)28-29-23(30)15-8-10-25-11-9-15/h4-11,27H,12-13H2,1-3H3,(H,29,30). The van der Waals surface area contributed by atoms with Gasteiger partial charge in [0.1, 0.15) is 0 Å². The summed E-state index contributed by atoms with van der Waals surface area (Å²) in [5, 5.41) is 6.90. The predicted octanol–water partition coefficient (Wildman–Crippen LogP) is 4.53. The number of aromatic nitrogens is 3. The lowest BCUT2D eigenvalue weighted by Gasteiger charge is -2.32. The number of hydrogen-bond acceptors (Lipinski definition) is 4. The highest BCUT2D eigenvalue weighted by Crippen LogP contribution is 2.40. The SMILES string of the molecule is Cc1nc2c(c3c1[nH]c1ccccc13)C(=NNC(=O)c1ccncc1)CC(C)(C)C2. The number of pyridine rings is 2. The molecule has 0 aliphatic heterocycles. The molecule has 0 saturated heterocycles. The van der Waals surface area contributed by atoms with Crippen molar-refractivity contribution in [3.05, 3.63) is 71.3 Å². The third kappa shape index (κ3) is 3.05. The summed E-state index contributed by atoms with van der Waals surface area (Å²) in [5.74, 6) is -0.245. The van der Waals surface area contributed by atoms with E-state index >= 15 is 0 Å². The molecule has 0 radical (unpaired) electrons. The highest BCUT2D eigenvalue weighted by atomic mass is 16.2. The zero-order valence-electron chi connectivity index (χ0n) is 17.3. The first-order chi connectivity index (χ1) is 14.4. The van der Waals surface area contributed by atoms with Gasteiger partial charge in [0.25, 0.3) is 5.91 Å². The number of para-hydroxylation sites is 1. The Hall–Kier alpha value is -3.54. The Morgan fingerprint density at radius 1 is 1.13 bits per heavy atom. The Balaban J connectivity index is 1.69. The molecule has 0 spiro atoms. The number of carbonyl (C=O) groups excluding carboxylic acids is 1. The van der Waals surface area contributed by atoms with Gasteiger partial charge in [-0.15, -0.1) is 0 Å². The fourth-order valence-corrected chi connectivity index (χ4v) is 4.41. The number of aryl methyl sites for hydroxylation is 1. The van der Waals surface area contributed by atoms with Crippen molar-refractivity contribution in [3.8, 4) is 0 Å². The van der Waals surface area contributed by atoms with E-state index in [1.54, 1.807) is 24.5 Å². The van der Waals surface area contributed by atoms with Crippen molar-refractivity contribution in [2.24, 2.45) is 10.5 Å². The fraction of sp³-hybridized carbons (Fsp3) is 0.250. The van der Waals surface area contributed by atoms with Crippen LogP contribution in [0.3, 0.4) is 0 Å². The average Bonchev–Trinajstić information content (AvgIpc) is 3.12. The van der Waals surface area contributed by atoms with Gasteiger partial charge in [0.2, 0.25) is 0 Å². The molecular weight excluding hydrogens is 374 g/mol. The van der Waals surface area contributed by atoms with E-state index < -0.39 is 0 Å². The summed E-state index contributed by atoms with van der Waals surface area (Å²) in [4.78, 5) is 25.0. The molecule has 1 aliphatic rings. The molecule has 1 aromatic carbocycles. The molecule has 6 heteroatoms. The number of carbonyl (C=O) groups is 1. The summed E-state index contributed by atoms with van der Waals surface area (Å²) >= 11 is 0. The van der Waals surface area contributed by atoms with Gasteiger partial charge in [-0.2, -0.15) is 5.10 Å². The van der Waals surface area contributed by atoms with Gasteiger partial charge in [0.05, 0.1) is 22.6 Å². The summed E-state index contributed by atoms with van der Waals surface area (Å²) in [5.41, 5.74) is 9.33. The largest absolute Gasteiger partial charge is 0.353 e. The van der Waals surface area contributed by atoms with Crippen molar-refractivity contribution in [3.63, 3.8) is 0 Å². The molecule has 2 N–H and O–H groups in total. The molecule has 30 heavy (non-hydrogen) atoms. The van der Waals surface area contributed by atoms with Crippen LogP contribution >= 0.6 is 0 Å². The van der Waals surface area contributed by atoms with Crippen LogP contribution in [0.1, 0.15) is 47.6 Å². The smallest absolute Gasteiger partial charge is 0.271 e. The summed E-state index contributed by atoms with van der Waals surface area (Å²) < 4.78 is 0. The van der Waals surface area contributed by atoms with Crippen LogP contribution in [0.5, 0.6) is 0 Å². The molecule has 3 heterocycles. The minimum absolute atomic E-state index is 0.00640. The highest BCUT2D eigenvalue weighted by Gasteiger charge is 2.33. The van der Waals surface area contributed by atoms with Crippen molar-refractivity contribution in [1.29, 1.82) is 0 Å². The maximum atomic E-state index is 12.6. The quantitative estimate of drug-likeness (QED) is 0.488. The van der Waals surface area contributed by atoms with Gasteiger partial charge >= 0.3 is 0 Å². The summed E-state index contributed by atoms with van der Waals surface area (Å²) in [6, 6.07) is 11.6. The Labute approximate surface area is 174 Å². The topological polar surface area (TPSA) is 83.0 Å². The Morgan fingerprint density at radius 2 is 1.90 bits per heavy atom. The van der Waals surface area contributed by atoms with E-state index in [2.05, 4.69) is 46.5 Å². The molecule has 0 saturated carbocycles. The Kier molecular flexibility index (Phi) is 4.17. The van der Waals surface area contributed by atoms with E-state index in [-0.39, 0.29) is 11.3 Å². The fourth-order valence-electron chi connectivity index (χ4n) is 4.41. The first kappa shape index (κ1) is 18.5. The molecule has 150 valence electrons. The first-order valence-corrected chi connectivity index (χ1v) is 10.1. The second kappa shape index (κ2) is 6.76. The minimum atomic E-state index is -0.245. The van der Waals surface area contributed by atoms with Crippen LogP contribution < -0.4 is 5.43 Å². The second-order valence-electron chi connectivity index (χ2n) is 8.69. The van der Waals surface area contributed by atoms with Crippen LogP contribution in [0, 0.1) is 12.3 Å². The van der Waals surface area contributed by atoms with E-state index in [0.29, 0.717) is 5.56 Å². The van der Waals surface area contributed by atoms with Crippen LogP contribution in [0.15, 0.2) is 53.9 Å². The zero-order chi connectivity index (χ0) is 20.9. The number of fused-ring (bicyclic) bond motifs is 5. The number of aromatic amines is 1. The van der Waals surface area contributed by atoms with Gasteiger partial charge in [0, 0.05) is 39.8 Å². The summed E-state index contributed by atoms with van der Waals surface area (Å²) in [7, 11) is 0. The molecular formula is C24H23N5O. The summed E-state index contributed by atoms with van der Waals surface area (Å²) in [6.07, 6.45) is 4.83. The van der Waals surface area contributed by atoms with Crippen LogP contribution in [0.25, 0.3) is 21.8 Å². The third-order valence-electron chi connectivity index (χ3n) is 5.72. The highest BCUT2D eigenvalue weighted by molar-refractivity contribution is 6.21. The molecule has 0 unspecified atom stereocenters. The zero-order valence-corrected chi connectivity index (χ0v) is 17.3. The lowest BCUT2D eigenvalue weighted by molar-refractivity contribution is 0.0954. The van der Waals surface area contributed by atoms with Crippen molar-refractivity contribution < 1.29 is 4.79 Å². The van der Waals surface area contributed by atoms with E-state index in [9.17, 15) is 4.79 Å². The summed E-state index contributed by atoms with van der Waals surface area (Å²) in [6.45, 7) is 6.47. The molecule has 0 fully saturated rings. The number of hydrazone groups is 1. The number of amides is 1. The average molecular weight is 397 g/mol. The van der Waals surface area contributed by atoms with Crippen LogP contribution in [-0.2, 0) is 6.42 Å². The lowest BCUT2D eigenvalue weighted by atomic mass is 9.74. The Morgan fingerprint density at radius 3 is 2.70 bits per heavy atom. The maximum Gasteiger partial charge on any atom is 0.271 e. The van der Waals surface area contributed by atoms with Gasteiger partial charge < -0.3 is 4.98 Å². The van der Waals surface area contributed by atoms with Gasteiger partial charge in [-0.25, -0.2) is 5.43 Å². The van der Waals surface area contributed by atoms with Crippen molar-refractivity contribution in [2.45, 2.75) is 33.6 Å². The molecule has 3 aromatic heterocycles. The molecule has 1 aliphatic carbocycles. The lowest BCUT2D eigenvalue weighted by Crippen LogP contribution is -2.31. The number of rotatable bonds is 2. The van der Waals surface area contributed by atoms with Crippen LogP contribution in [0.4, 0.5) is 0 Å². The monoisotopic (exact) mass is 397 g/mol. The normalized spacial score (nSPS) is 16.7. The van der Waals surface area contributed by atoms with Crippen molar-refractivity contribution >= 4 is 33.4 Å². The van der Waals surface area contributed by atoms with Crippen LogP contribution in [0.2, 0.25) is 0 Å². The molecule has 0 atom stereocenters. The predicted molar refractivity (Wildman–Crippen MR) is 119 cm³/mol. The molecule has 6 nitrogen and oxygen atoms in total. The van der Waals surface area contributed by atoms with E-state index in [4.69, 9.17) is 4.98 Å². The van der Waals surface area contributed by atoms with Crippen LogP contribution in [-0.4, -0.2) is 26.6 Å². The number of nitrogens with one attached hydrogen (secondary N) is 2.